The minimum atomic E-state index is -0.0835. The first-order valence-corrected chi connectivity index (χ1v) is 8.54. The molecule has 1 aromatic rings. The van der Waals surface area contributed by atoms with Gasteiger partial charge in [0.25, 0.3) is 0 Å². The van der Waals surface area contributed by atoms with E-state index in [4.69, 9.17) is 4.74 Å². The van der Waals surface area contributed by atoms with Crippen LogP contribution in [0.1, 0.15) is 19.4 Å². The largest absolute Gasteiger partial charge is 0.379 e. The molecule has 1 aliphatic rings. The highest BCUT2D eigenvalue weighted by molar-refractivity contribution is 5.73. The third-order valence-corrected chi connectivity index (χ3v) is 4.30. The molecule has 0 aromatic heterocycles. The Labute approximate surface area is 139 Å². The average Bonchev–Trinajstić information content (AvgIpc) is 2.57. The van der Waals surface area contributed by atoms with E-state index in [1.165, 1.54) is 5.56 Å². The second kappa shape index (κ2) is 9.53. The fourth-order valence-corrected chi connectivity index (χ4v) is 2.92. The first kappa shape index (κ1) is 17.8. The van der Waals surface area contributed by atoms with Gasteiger partial charge < -0.3 is 15.4 Å². The molecular formula is C18H29N3O2. The fraction of sp³-hybridized carbons (Fsp3) is 0.611. The number of hydrogen-bond acceptors (Lipinski definition) is 3. The Morgan fingerprint density at radius 1 is 1.17 bits per heavy atom. The first-order valence-electron chi connectivity index (χ1n) is 8.54. The summed E-state index contributed by atoms with van der Waals surface area (Å²) < 4.78 is 5.41. The minimum absolute atomic E-state index is 0.0835. The Balaban J connectivity index is 1.69. The number of hydrogen-bond donors (Lipinski definition) is 2. The summed E-state index contributed by atoms with van der Waals surface area (Å²) in [6.07, 6.45) is 0.853. The smallest absolute Gasteiger partial charge is 0.314 e. The summed E-state index contributed by atoms with van der Waals surface area (Å²) in [5.74, 6) is 0.498. The van der Waals surface area contributed by atoms with Gasteiger partial charge in [-0.3, -0.25) is 4.90 Å². The summed E-state index contributed by atoms with van der Waals surface area (Å²) in [6.45, 7) is 9.19. The van der Waals surface area contributed by atoms with E-state index in [1.54, 1.807) is 0 Å². The summed E-state index contributed by atoms with van der Waals surface area (Å²) in [5.41, 5.74) is 1.24. The molecule has 1 heterocycles. The quantitative estimate of drug-likeness (QED) is 0.807. The molecule has 0 bridgehead atoms. The number of nitrogens with one attached hydrogen (secondary N) is 2. The van der Waals surface area contributed by atoms with Gasteiger partial charge in [-0.15, -0.1) is 0 Å². The van der Waals surface area contributed by atoms with Crippen LogP contribution in [-0.2, 0) is 11.2 Å². The molecule has 1 fully saturated rings. The SMILES string of the molecule is CC(C)C(CNC(=O)NCCc1ccccc1)N1CCOCC1. The summed E-state index contributed by atoms with van der Waals surface area (Å²) in [6, 6.07) is 10.5. The number of morpholine rings is 1. The molecule has 1 aromatic carbocycles. The van der Waals surface area contributed by atoms with E-state index in [9.17, 15) is 4.79 Å². The van der Waals surface area contributed by atoms with Crippen LogP contribution in [0.15, 0.2) is 30.3 Å². The van der Waals surface area contributed by atoms with Gasteiger partial charge >= 0.3 is 6.03 Å². The van der Waals surface area contributed by atoms with Crippen LogP contribution in [0.25, 0.3) is 0 Å². The molecule has 2 N–H and O–H groups in total. The van der Waals surface area contributed by atoms with Crippen molar-refractivity contribution in [3.8, 4) is 0 Å². The zero-order valence-electron chi connectivity index (χ0n) is 14.3. The fourth-order valence-electron chi connectivity index (χ4n) is 2.92. The molecule has 0 aliphatic carbocycles. The molecule has 23 heavy (non-hydrogen) atoms. The van der Waals surface area contributed by atoms with Gasteiger partial charge in [0.1, 0.15) is 0 Å². The molecule has 5 heteroatoms. The molecule has 0 spiro atoms. The van der Waals surface area contributed by atoms with Crippen molar-refractivity contribution >= 4 is 6.03 Å². The number of rotatable bonds is 7. The third kappa shape index (κ3) is 6.20. The van der Waals surface area contributed by atoms with Crippen molar-refractivity contribution in [1.82, 2.24) is 15.5 Å². The van der Waals surface area contributed by atoms with E-state index in [0.29, 0.717) is 25.0 Å². The Morgan fingerprint density at radius 2 is 1.87 bits per heavy atom. The maximum atomic E-state index is 12.0. The van der Waals surface area contributed by atoms with Crippen LogP contribution in [0.5, 0.6) is 0 Å². The summed E-state index contributed by atoms with van der Waals surface area (Å²) in [7, 11) is 0. The first-order chi connectivity index (χ1) is 11.2. The van der Waals surface area contributed by atoms with Crippen LogP contribution >= 0.6 is 0 Å². The number of amides is 2. The van der Waals surface area contributed by atoms with Crippen molar-refractivity contribution in [2.24, 2.45) is 5.92 Å². The van der Waals surface area contributed by atoms with Gasteiger partial charge in [-0.1, -0.05) is 44.2 Å². The topological polar surface area (TPSA) is 53.6 Å². The average molecular weight is 319 g/mol. The van der Waals surface area contributed by atoms with E-state index in [1.807, 2.05) is 18.2 Å². The summed E-state index contributed by atoms with van der Waals surface area (Å²) in [5, 5.41) is 5.95. The van der Waals surface area contributed by atoms with Gasteiger partial charge in [-0.25, -0.2) is 4.79 Å². The number of carbonyl (C=O) groups excluding carboxylic acids is 1. The maximum absolute atomic E-state index is 12.0. The van der Waals surface area contributed by atoms with Crippen LogP contribution in [0, 0.1) is 5.92 Å². The van der Waals surface area contributed by atoms with Gasteiger partial charge in [0.2, 0.25) is 0 Å². The lowest BCUT2D eigenvalue weighted by Crippen LogP contribution is -2.52. The van der Waals surface area contributed by atoms with Gasteiger partial charge in [0.15, 0.2) is 0 Å². The standard InChI is InChI=1S/C18H29N3O2/c1-15(2)17(21-10-12-23-13-11-21)14-20-18(22)19-9-8-16-6-4-3-5-7-16/h3-7,15,17H,8-14H2,1-2H3,(H2,19,20,22). The van der Waals surface area contributed by atoms with Crippen LogP contribution in [-0.4, -0.2) is 56.4 Å². The van der Waals surface area contributed by atoms with E-state index < -0.39 is 0 Å². The van der Waals surface area contributed by atoms with Gasteiger partial charge in [0.05, 0.1) is 13.2 Å². The van der Waals surface area contributed by atoms with E-state index in [-0.39, 0.29) is 6.03 Å². The normalized spacial score (nSPS) is 17.0. The molecule has 128 valence electrons. The number of benzene rings is 1. The third-order valence-electron chi connectivity index (χ3n) is 4.30. The van der Waals surface area contributed by atoms with Crippen molar-refractivity contribution in [3.63, 3.8) is 0 Å². The molecule has 0 radical (unpaired) electrons. The monoisotopic (exact) mass is 319 g/mol. The van der Waals surface area contributed by atoms with Crippen molar-refractivity contribution < 1.29 is 9.53 Å². The number of carbonyl (C=O) groups is 1. The van der Waals surface area contributed by atoms with Crippen molar-refractivity contribution in [1.29, 1.82) is 0 Å². The van der Waals surface area contributed by atoms with E-state index >= 15 is 0 Å². The van der Waals surface area contributed by atoms with Crippen molar-refractivity contribution in [2.75, 3.05) is 39.4 Å². The van der Waals surface area contributed by atoms with Crippen LogP contribution < -0.4 is 10.6 Å². The molecular weight excluding hydrogens is 290 g/mol. The van der Waals surface area contributed by atoms with Crippen molar-refractivity contribution in [3.05, 3.63) is 35.9 Å². The second-order valence-electron chi connectivity index (χ2n) is 6.33. The zero-order valence-corrected chi connectivity index (χ0v) is 14.3. The molecule has 2 rings (SSSR count). The lowest BCUT2D eigenvalue weighted by Gasteiger charge is -2.36. The van der Waals surface area contributed by atoms with Crippen LogP contribution in [0.3, 0.4) is 0 Å². The van der Waals surface area contributed by atoms with Gasteiger partial charge in [-0.2, -0.15) is 0 Å². The highest BCUT2D eigenvalue weighted by atomic mass is 16.5. The van der Waals surface area contributed by atoms with Crippen molar-refractivity contribution in [2.45, 2.75) is 26.3 Å². The minimum Gasteiger partial charge on any atom is -0.379 e. The number of nitrogens with zero attached hydrogens (tertiary/aromatic N) is 1. The molecule has 1 unspecified atom stereocenters. The predicted molar refractivity (Wildman–Crippen MR) is 92.6 cm³/mol. The molecule has 1 aliphatic heterocycles. The number of urea groups is 1. The van der Waals surface area contributed by atoms with Gasteiger partial charge in [-0.05, 0) is 17.9 Å². The Kier molecular flexibility index (Phi) is 7.36. The maximum Gasteiger partial charge on any atom is 0.314 e. The lowest BCUT2D eigenvalue weighted by molar-refractivity contribution is 0.00720. The lowest BCUT2D eigenvalue weighted by atomic mass is 10.0. The Morgan fingerprint density at radius 3 is 2.52 bits per heavy atom. The van der Waals surface area contributed by atoms with E-state index in [0.717, 1.165) is 32.7 Å². The molecule has 1 atom stereocenters. The van der Waals surface area contributed by atoms with E-state index in [2.05, 4.69) is 41.5 Å². The molecule has 0 saturated carbocycles. The Hall–Kier alpha value is -1.59. The van der Waals surface area contributed by atoms with Gasteiger partial charge in [0, 0.05) is 32.2 Å². The molecule has 1 saturated heterocycles. The number of ether oxygens (including phenoxy) is 1. The molecule has 2 amide bonds. The van der Waals surface area contributed by atoms with Crippen LogP contribution in [0.4, 0.5) is 4.79 Å². The Bertz CT molecular complexity index is 459. The second-order valence-corrected chi connectivity index (χ2v) is 6.33. The summed E-state index contributed by atoms with van der Waals surface area (Å²) in [4.78, 5) is 14.4. The van der Waals surface area contributed by atoms with Crippen LogP contribution in [0.2, 0.25) is 0 Å². The summed E-state index contributed by atoms with van der Waals surface area (Å²) >= 11 is 0. The highest BCUT2D eigenvalue weighted by Crippen LogP contribution is 2.12. The zero-order chi connectivity index (χ0) is 16.5. The highest BCUT2D eigenvalue weighted by Gasteiger charge is 2.24. The molecule has 5 nitrogen and oxygen atoms in total. The predicted octanol–water partition coefficient (Wildman–Crippen LogP) is 1.89.